The maximum atomic E-state index is 3.85. The molecule has 2 nitrogen and oxygen atoms in total. The highest BCUT2D eigenvalue weighted by Crippen LogP contribution is 2.26. The van der Waals surface area contributed by atoms with Gasteiger partial charge in [-0.15, -0.1) is 6.58 Å². The van der Waals surface area contributed by atoms with Gasteiger partial charge in [0.1, 0.15) is 0 Å². The molecule has 98 valence electrons. The summed E-state index contributed by atoms with van der Waals surface area (Å²) in [4.78, 5) is 2.61. The topological polar surface area (TPSA) is 15.3 Å². The lowest BCUT2D eigenvalue weighted by Crippen LogP contribution is -2.27. The quantitative estimate of drug-likeness (QED) is 0.438. The third-order valence-electron chi connectivity index (χ3n) is 3.81. The standard InChI is InChI=1S/C15H28N2/c1-2-12-17(15-9-10-15)13-6-4-3-5-11-16-14-7-8-14/h2,14-16H,1,3-13H2. The molecule has 0 bridgehead atoms. The minimum absolute atomic E-state index is 0.882. The molecule has 1 N–H and O–H groups in total. The normalized spacial score (nSPS) is 19.8. The monoisotopic (exact) mass is 236 g/mol. The van der Waals surface area contributed by atoms with Crippen LogP contribution in [0.1, 0.15) is 51.4 Å². The average molecular weight is 236 g/mol. The van der Waals surface area contributed by atoms with Crippen LogP contribution in [0.2, 0.25) is 0 Å². The fourth-order valence-electron chi connectivity index (χ4n) is 2.42. The Morgan fingerprint density at radius 3 is 2.47 bits per heavy atom. The van der Waals surface area contributed by atoms with Gasteiger partial charge >= 0.3 is 0 Å². The molecule has 2 aliphatic rings. The van der Waals surface area contributed by atoms with Crippen molar-refractivity contribution in [3.05, 3.63) is 12.7 Å². The molecule has 0 aromatic heterocycles. The maximum Gasteiger partial charge on any atom is 0.0163 e. The second-order valence-corrected chi connectivity index (χ2v) is 5.66. The molecule has 0 heterocycles. The van der Waals surface area contributed by atoms with Crippen molar-refractivity contribution in [1.82, 2.24) is 10.2 Å². The van der Waals surface area contributed by atoms with Gasteiger partial charge in [0.25, 0.3) is 0 Å². The molecule has 0 unspecified atom stereocenters. The molecule has 0 atom stereocenters. The Morgan fingerprint density at radius 1 is 1.06 bits per heavy atom. The highest BCUT2D eigenvalue weighted by atomic mass is 15.2. The van der Waals surface area contributed by atoms with Crippen molar-refractivity contribution in [2.45, 2.75) is 63.5 Å². The Kier molecular flexibility index (Phi) is 5.53. The second-order valence-electron chi connectivity index (χ2n) is 5.66. The number of unbranched alkanes of at least 4 members (excludes halogenated alkanes) is 3. The summed E-state index contributed by atoms with van der Waals surface area (Å²) in [5, 5.41) is 3.58. The van der Waals surface area contributed by atoms with E-state index in [1.165, 1.54) is 64.5 Å². The predicted molar refractivity (Wildman–Crippen MR) is 74.3 cm³/mol. The van der Waals surface area contributed by atoms with E-state index in [1.807, 2.05) is 0 Å². The molecule has 2 saturated carbocycles. The van der Waals surface area contributed by atoms with Gasteiger partial charge in [-0.3, -0.25) is 4.90 Å². The summed E-state index contributed by atoms with van der Waals surface area (Å²) in [6.45, 7) is 7.47. The first kappa shape index (κ1) is 13.1. The van der Waals surface area contributed by atoms with Crippen LogP contribution in [0.25, 0.3) is 0 Å². The number of hydrogen-bond acceptors (Lipinski definition) is 2. The first-order valence-corrected chi connectivity index (χ1v) is 7.48. The Balaban J connectivity index is 1.39. The molecule has 17 heavy (non-hydrogen) atoms. The molecule has 0 saturated heterocycles. The van der Waals surface area contributed by atoms with Crippen molar-refractivity contribution in [3.63, 3.8) is 0 Å². The van der Waals surface area contributed by atoms with E-state index in [0.717, 1.165) is 18.6 Å². The van der Waals surface area contributed by atoms with E-state index in [1.54, 1.807) is 0 Å². The first-order valence-electron chi connectivity index (χ1n) is 7.48. The van der Waals surface area contributed by atoms with E-state index in [0.29, 0.717) is 0 Å². The van der Waals surface area contributed by atoms with Crippen LogP contribution in [0.4, 0.5) is 0 Å². The van der Waals surface area contributed by atoms with Crippen LogP contribution in [0, 0.1) is 0 Å². The van der Waals surface area contributed by atoms with E-state index in [-0.39, 0.29) is 0 Å². The zero-order valence-corrected chi connectivity index (χ0v) is 11.2. The Labute approximate surface area is 106 Å². The van der Waals surface area contributed by atoms with Gasteiger partial charge in [-0.1, -0.05) is 18.9 Å². The van der Waals surface area contributed by atoms with Gasteiger partial charge in [-0.25, -0.2) is 0 Å². The summed E-state index contributed by atoms with van der Waals surface area (Å²) in [7, 11) is 0. The van der Waals surface area contributed by atoms with Gasteiger partial charge in [0.2, 0.25) is 0 Å². The van der Waals surface area contributed by atoms with Gasteiger partial charge in [-0.2, -0.15) is 0 Å². The van der Waals surface area contributed by atoms with Gasteiger partial charge < -0.3 is 5.32 Å². The van der Waals surface area contributed by atoms with Crippen molar-refractivity contribution in [3.8, 4) is 0 Å². The smallest absolute Gasteiger partial charge is 0.0163 e. The Morgan fingerprint density at radius 2 is 1.82 bits per heavy atom. The SMILES string of the molecule is C=CCN(CCCCCCNC1CC1)C1CC1. The molecule has 0 aromatic rings. The molecule has 2 fully saturated rings. The van der Waals surface area contributed by atoms with E-state index >= 15 is 0 Å². The first-order chi connectivity index (χ1) is 8.40. The third kappa shape index (κ3) is 5.69. The van der Waals surface area contributed by atoms with Crippen LogP contribution in [0.5, 0.6) is 0 Å². The van der Waals surface area contributed by atoms with Gasteiger partial charge in [0.15, 0.2) is 0 Å². The molecule has 2 aliphatic carbocycles. The van der Waals surface area contributed by atoms with E-state index in [4.69, 9.17) is 0 Å². The van der Waals surface area contributed by atoms with Gasteiger partial charge in [0, 0.05) is 18.6 Å². The minimum atomic E-state index is 0.882. The third-order valence-corrected chi connectivity index (χ3v) is 3.81. The summed E-state index contributed by atoms with van der Waals surface area (Å²) in [6, 6.07) is 1.78. The molecular weight excluding hydrogens is 208 g/mol. The minimum Gasteiger partial charge on any atom is -0.314 e. The Bertz CT molecular complexity index is 219. The molecule has 2 heteroatoms. The Hall–Kier alpha value is -0.340. The number of nitrogens with zero attached hydrogens (tertiary/aromatic N) is 1. The zero-order valence-electron chi connectivity index (χ0n) is 11.2. The number of nitrogens with one attached hydrogen (secondary N) is 1. The van der Waals surface area contributed by atoms with Crippen molar-refractivity contribution >= 4 is 0 Å². The molecule has 0 aromatic carbocycles. The highest BCUT2D eigenvalue weighted by molar-refractivity contribution is 4.88. The van der Waals surface area contributed by atoms with Crippen LogP contribution in [0.15, 0.2) is 12.7 Å². The lowest BCUT2D eigenvalue weighted by Gasteiger charge is -2.19. The van der Waals surface area contributed by atoms with E-state index in [2.05, 4.69) is 22.9 Å². The van der Waals surface area contributed by atoms with E-state index in [9.17, 15) is 0 Å². The fourth-order valence-corrected chi connectivity index (χ4v) is 2.42. The summed E-state index contributed by atoms with van der Waals surface area (Å²) in [6.07, 6.45) is 13.2. The molecule has 0 spiro atoms. The number of rotatable bonds is 11. The molecular formula is C15H28N2. The zero-order chi connectivity index (χ0) is 11.9. The lowest BCUT2D eigenvalue weighted by molar-refractivity contribution is 0.284. The molecule has 0 amide bonds. The molecule has 0 aliphatic heterocycles. The van der Waals surface area contributed by atoms with Crippen molar-refractivity contribution in [2.75, 3.05) is 19.6 Å². The van der Waals surface area contributed by atoms with Crippen molar-refractivity contribution in [2.24, 2.45) is 0 Å². The van der Waals surface area contributed by atoms with Gasteiger partial charge in [-0.05, 0) is 51.6 Å². The largest absolute Gasteiger partial charge is 0.314 e. The summed E-state index contributed by atoms with van der Waals surface area (Å²) >= 11 is 0. The van der Waals surface area contributed by atoms with Crippen LogP contribution >= 0.6 is 0 Å². The maximum absolute atomic E-state index is 3.85. The predicted octanol–water partition coefficient (Wildman–Crippen LogP) is 2.95. The summed E-state index contributed by atoms with van der Waals surface area (Å²) in [5.41, 5.74) is 0. The lowest BCUT2D eigenvalue weighted by atomic mass is 10.2. The van der Waals surface area contributed by atoms with Crippen LogP contribution in [-0.4, -0.2) is 36.6 Å². The molecule has 0 radical (unpaired) electrons. The summed E-state index contributed by atoms with van der Waals surface area (Å²) < 4.78 is 0. The van der Waals surface area contributed by atoms with Crippen molar-refractivity contribution < 1.29 is 0 Å². The summed E-state index contributed by atoms with van der Waals surface area (Å²) in [5.74, 6) is 0. The van der Waals surface area contributed by atoms with Gasteiger partial charge in [0.05, 0.1) is 0 Å². The van der Waals surface area contributed by atoms with Crippen LogP contribution in [0.3, 0.4) is 0 Å². The number of hydrogen-bond donors (Lipinski definition) is 1. The highest BCUT2D eigenvalue weighted by Gasteiger charge is 2.27. The van der Waals surface area contributed by atoms with Crippen molar-refractivity contribution in [1.29, 1.82) is 0 Å². The van der Waals surface area contributed by atoms with Crippen LogP contribution < -0.4 is 5.32 Å². The fraction of sp³-hybridized carbons (Fsp3) is 0.867. The van der Waals surface area contributed by atoms with E-state index < -0.39 is 0 Å². The molecule has 2 rings (SSSR count). The second kappa shape index (κ2) is 7.17. The van der Waals surface area contributed by atoms with Crippen LogP contribution in [-0.2, 0) is 0 Å². The average Bonchev–Trinajstić information content (AvgIpc) is 3.17.